The van der Waals surface area contributed by atoms with Gasteiger partial charge in [0, 0.05) is 42.9 Å². The van der Waals surface area contributed by atoms with Crippen molar-refractivity contribution >= 4 is 16.8 Å². The van der Waals surface area contributed by atoms with Crippen LogP contribution in [-0.4, -0.2) is 68.3 Å². The van der Waals surface area contributed by atoms with E-state index in [1.807, 2.05) is 23.1 Å². The molecule has 0 atom stereocenters. The van der Waals surface area contributed by atoms with E-state index in [9.17, 15) is 4.79 Å². The number of H-pyrrole nitrogens is 1. The van der Waals surface area contributed by atoms with Crippen LogP contribution in [0.5, 0.6) is 0 Å². The lowest BCUT2D eigenvalue weighted by Crippen LogP contribution is -2.48. The standard InChI is InChI=1S/C21H26N6O2/c1-14(28)26-11-7-16(8-12-26)27-9-5-15(6-10-27)21-23-20(25-29-21)17-3-2-4-19-18(17)13-22-24-19/h2-4,13,15-16H,5-12H2,1H3,(H,22,24). The van der Waals surface area contributed by atoms with Crippen molar-refractivity contribution in [3.8, 4) is 11.4 Å². The number of aromatic nitrogens is 4. The molecule has 0 saturated carbocycles. The summed E-state index contributed by atoms with van der Waals surface area (Å²) >= 11 is 0. The van der Waals surface area contributed by atoms with E-state index < -0.39 is 0 Å². The number of amides is 1. The number of hydrogen-bond acceptors (Lipinski definition) is 6. The Morgan fingerprint density at radius 3 is 2.69 bits per heavy atom. The fourth-order valence-corrected chi connectivity index (χ4v) is 4.73. The molecule has 4 heterocycles. The molecule has 3 aromatic rings. The quantitative estimate of drug-likeness (QED) is 0.735. The van der Waals surface area contributed by atoms with E-state index in [1.54, 1.807) is 13.1 Å². The van der Waals surface area contributed by atoms with Crippen LogP contribution in [0.4, 0.5) is 0 Å². The van der Waals surface area contributed by atoms with Crippen molar-refractivity contribution in [2.75, 3.05) is 26.2 Å². The van der Waals surface area contributed by atoms with Gasteiger partial charge >= 0.3 is 0 Å². The van der Waals surface area contributed by atoms with Gasteiger partial charge in [-0.15, -0.1) is 0 Å². The van der Waals surface area contributed by atoms with Gasteiger partial charge in [0.25, 0.3) is 0 Å². The summed E-state index contributed by atoms with van der Waals surface area (Å²) in [4.78, 5) is 20.8. The molecule has 1 aromatic carbocycles. The zero-order valence-corrected chi connectivity index (χ0v) is 16.7. The van der Waals surface area contributed by atoms with Crippen LogP contribution in [-0.2, 0) is 4.79 Å². The van der Waals surface area contributed by atoms with Crippen LogP contribution in [0.2, 0.25) is 0 Å². The molecule has 1 N–H and O–H groups in total. The van der Waals surface area contributed by atoms with Crippen molar-refractivity contribution in [3.63, 3.8) is 0 Å². The lowest BCUT2D eigenvalue weighted by Gasteiger charge is -2.41. The molecule has 2 aromatic heterocycles. The van der Waals surface area contributed by atoms with Crippen molar-refractivity contribution in [1.29, 1.82) is 0 Å². The number of fused-ring (bicyclic) bond motifs is 1. The van der Waals surface area contributed by atoms with Gasteiger partial charge in [-0.25, -0.2) is 0 Å². The Kier molecular flexibility index (Phi) is 4.79. The molecule has 2 saturated heterocycles. The molecule has 0 aliphatic carbocycles. The Bertz CT molecular complexity index is 995. The van der Waals surface area contributed by atoms with E-state index in [2.05, 4.69) is 20.3 Å². The van der Waals surface area contributed by atoms with Gasteiger partial charge in [-0.3, -0.25) is 9.89 Å². The Balaban J connectivity index is 1.22. The minimum atomic E-state index is 0.195. The number of hydrogen-bond donors (Lipinski definition) is 1. The number of nitrogens with zero attached hydrogens (tertiary/aromatic N) is 5. The summed E-state index contributed by atoms with van der Waals surface area (Å²) in [5, 5.41) is 12.3. The second kappa shape index (κ2) is 7.59. The van der Waals surface area contributed by atoms with Gasteiger partial charge in [-0.2, -0.15) is 10.1 Å². The Morgan fingerprint density at radius 1 is 1.14 bits per heavy atom. The molecule has 0 bridgehead atoms. The largest absolute Gasteiger partial charge is 0.343 e. The second-order valence-electron chi connectivity index (χ2n) is 8.14. The van der Waals surface area contributed by atoms with Gasteiger partial charge in [0.1, 0.15) is 0 Å². The first kappa shape index (κ1) is 18.3. The predicted octanol–water partition coefficient (Wildman–Crippen LogP) is 2.80. The molecule has 1 amide bonds. The number of rotatable bonds is 3. The number of nitrogens with one attached hydrogen (secondary N) is 1. The fraction of sp³-hybridized carbons (Fsp3) is 0.524. The highest BCUT2D eigenvalue weighted by atomic mass is 16.5. The van der Waals surface area contributed by atoms with Crippen molar-refractivity contribution in [1.82, 2.24) is 30.1 Å². The van der Waals surface area contributed by atoms with Crippen LogP contribution in [0, 0.1) is 0 Å². The van der Waals surface area contributed by atoms with E-state index >= 15 is 0 Å². The van der Waals surface area contributed by atoms with Gasteiger partial charge in [0.2, 0.25) is 17.6 Å². The molecule has 0 spiro atoms. The van der Waals surface area contributed by atoms with E-state index in [4.69, 9.17) is 9.51 Å². The molecule has 2 aliphatic rings. The lowest BCUT2D eigenvalue weighted by molar-refractivity contribution is -0.130. The maximum absolute atomic E-state index is 11.5. The summed E-state index contributed by atoms with van der Waals surface area (Å²) < 4.78 is 5.65. The Labute approximate surface area is 169 Å². The maximum Gasteiger partial charge on any atom is 0.230 e. The molecule has 8 heteroatoms. The summed E-state index contributed by atoms with van der Waals surface area (Å²) in [6.07, 6.45) is 6.01. The lowest BCUT2D eigenvalue weighted by atomic mass is 9.93. The maximum atomic E-state index is 11.5. The smallest absolute Gasteiger partial charge is 0.230 e. The van der Waals surface area contributed by atoms with Crippen LogP contribution in [0.1, 0.15) is 44.4 Å². The SMILES string of the molecule is CC(=O)N1CCC(N2CCC(c3nc(-c4cccc5[nH]ncc45)no3)CC2)CC1. The van der Waals surface area contributed by atoms with Crippen LogP contribution in [0.15, 0.2) is 28.9 Å². The topological polar surface area (TPSA) is 91.2 Å². The highest BCUT2D eigenvalue weighted by Gasteiger charge is 2.31. The molecule has 2 aliphatic heterocycles. The molecular formula is C21H26N6O2. The molecule has 5 rings (SSSR count). The highest BCUT2D eigenvalue weighted by molar-refractivity contribution is 5.92. The van der Waals surface area contributed by atoms with Crippen molar-refractivity contribution in [2.45, 2.75) is 44.6 Å². The van der Waals surface area contributed by atoms with Gasteiger partial charge in [-0.05, 0) is 44.8 Å². The highest BCUT2D eigenvalue weighted by Crippen LogP contribution is 2.32. The summed E-state index contributed by atoms with van der Waals surface area (Å²) in [6, 6.07) is 6.55. The van der Waals surface area contributed by atoms with Crippen LogP contribution in [0.25, 0.3) is 22.3 Å². The summed E-state index contributed by atoms with van der Waals surface area (Å²) in [7, 11) is 0. The summed E-state index contributed by atoms with van der Waals surface area (Å²) in [6.45, 7) is 5.52. The molecular weight excluding hydrogens is 368 g/mol. The molecule has 8 nitrogen and oxygen atoms in total. The number of likely N-dealkylation sites (tertiary alicyclic amines) is 2. The second-order valence-corrected chi connectivity index (χ2v) is 8.14. The predicted molar refractivity (Wildman–Crippen MR) is 108 cm³/mol. The minimum absolute atomic E-state index is 0.195. The summed E-state index contributed by atoms with van der Waals surface area (Å²) in [5.74, 6) is 1.88. The van der Waals surface area contributed by atoms with Gasteiger partial charge in [0.05, 0.1) is 11.7 Å². The average molecular weight is 394 g/mol. The van der Waals surface area contributed by atoms with Crippen LogP contribution < -0.4 is 0 Å². The summed E-state index contributed by atoms with van der Waals surface area (Å²) in [5.41, 5.74) is 1.92. The minimum Gasteiger partial charge on any atom is -0.343 e. The molecule has 2 fully saturated rings. The van der Waals surface area contributed by atoms with Crippen LogP contribution in [0.3, 0.4) is 0 Å². The zero-order chi connectivity index (χ0) is 19.8. The van der Waals surface area contributed by atoms with Crippen LogP contribution >= 0.6 is 0 Å². The zero-order valence-electron chi connectivity index (χ0n) is 16.7. The van der Waals surface area contributed by atoms with Gasteiger partial charge < -0.3 is 14.3 Å². The first-order chi connectivity index (χ1) is 14.2. The van der Waals surface area contributed by atoms with Crippen molar-refractivity contribution < 1.29 is 9.32 Å². The number of piperidine rings is 2. The Hall–Kier alpha value is -2.74. The third-order valence-electron chi connectivity index (χ3n) is 6.47. The van der Waals surface area contributed by atoms with Gasteiger partial charge in [0.15, 0.2) is 0 Å². The van der Waals surface area contributed by atoms with E-state index in [0.29, 0.717) is 17.8 Å². The normalized spacial score (nSPS) is 19.8. The van der Waals surface area contributed by atoms with Gasteiger partial charge in [-0.1, -0.05) is 17.3 Å². The molecule has 0 radical (unpaired) electrons. The van der Waals surface area contributed by atoms with Crippen molar-refractivity contribution in [3.05, 3.63) is 30.3 Å². The fourth-order valence-electron chi connectivity index (χ4n) is 4.73. The molecule has 0 unspecified atom stereocenters. The Morgan fingerprint density at radius 2 is 1.93 bits per heavy atom. The van der Waals surface area contributed by atoms with E-state index in [-0.39, 0.29) is 5.91 Å². The molecule has 152 valence electrons. The monoisotopic (exact) mass is 394 g/mol. The number of carbonyl (C=O) groups is 1. The van der Waals surface area contributed by atoms with E-state index in [1.165, 1.54) is 0 Å². The number of benzene rings is 1. The third-order valence-corrected chi connectivity index (χ3v) is 6.47. The first-order valence-corrected chi connectivity index (χ1v) is 10.4. The third kappa shape index (κ3) is 3.53. The molecule has 29 heavy (non-hydrogen) atoms. The first-order valence-electron chi connectivity index (χ1n) is 10.4. The van der Waals surface area contributed by atoms with Crippen molar-refractivity contribution in [2.24, 2.45) is 0 Å². The average Bonchev–Trinajstić information content (AvgIpc) is 3.43. The number of aromatic amines is 1. The number of carbonyl (C=O) groups excluding carboxylic acids is 1. The van der Waals surface area contributed by atoms with E-state index in [0.717, 1.165) is 74.2 Å².